The van der Waals surface area contributed by atoms with Crippen LogP contribution in [0, 0.1) is 5.92 Å². The average Bonchev–Trinajstić information content (AvgIpc) is 2.54. The molecular weight excluding hydrogens is 307 g/mol. The Hall–Kier alpha value is -1.98. The molecule has 1 aliphatic heterocycles. The van der Waals surface area contributed by atoms with E-state index in [-0.39, 0.29) is 13.0 Å². The quantitative estimate of drug-likeness (QED) is 0.900. The highest BCUT2D eigenvalue weighted by Crippen LogP contribution is 2.38. The van der Waals surface area contributed by atoms with E-state index in [9.17, 15) is 18.0 Å². The second-order valence-electron chi connectivity index (χ2n) is 6.01. The second kappa shape index (κ2) is 6.26. The van der Waals surface area contributed by atoms with Crippen LogP contribution in [0.4, 0.5) is 13.2 Å². The molecule has 1 aromatic carbocycles. The van der Waals surface area contributed by atoms with Gasteiger partial charge in [-0.05, 0) is 25.0 Å². The zero-order chi connectivity index (χ0) is 16.4. The Morgan fingerprint density at radius 2 is 1.91 bits per heavy atom. The molecule has 1 fully saturated rings. The van der Waals surface area contributed by atoms with Gasteiger partial charge in [0.1, 0.15) is 12.4 Å². The van der Waals surface area contributed by atoms with Crippen LogP contribution in [0.25, 0.3) is 6.08 Å². The van der Waals surface area contributed by atoms with Gasteiger partial charge in [-0.25, -0.2) is 0 Å². The molecule has 0 bridgehead atoms. The number of para-hydroxylation sites is 1. The van der Waals surface area contributed by atoms with E-state index in [1.807, 2.05) is 12.1 Å². The number of ether oxygens (including phenoxy) is 1. The summed E-state index contributed by atoms with van der Waals surface area (Å²) in [6.45, 7) is 0.0756. The number of carbonyl (C=O) groups excluding carboxylic acids is 1. The molecule has 124 valence electrons. The predicted octanol–water partition coefficient (Wildman–Crippen LogP) is 3.70. The van der Waals surface area contributed by atoms with Gasteiger partial charge in [-0.1, -0.05) is 31.0 Å². The summed E-state index contributed by atoms with van der Waals surface area (Å²) < 4.78 is 44.8. The van der Waals surface area contributed by atoms with Crippen molar-refractivity contribution >= 4 is 12.0 Å². The van der Waals surface area contributed by atoms with Crippen LogP contribution in [0.15, 0.2) is 29.8 Å². The number of hydrogen-bond acceptors (Lipinski definition) is 2. The van der Waals surface area contributed by atoms with Crippen LogP contribution in [-0.2, 0) is 4.79 Å². The molecule has 0 spiro atoms. The van der Waals surface area contributed by atoms with Crippen molar-refractivity contribution in [3.8, 4) is 5.75 Å². The molecule has 0 aromatic heterocycles. The van der Waals surface area contributed by atoms with E-state index in [2.05, 4.69) is 5.32 Å². The van der Waals surface area contributed by atoms with Gasteiger partial charge in [0, 0.05) is 11.6 Å². The molecule has 1 saturated carbocycles. The highest BCUT2D eigenvalue weighted by Gasteiger charge is 2.46. The molecule has 3 rings (SSSR count). The fourth-order valence-corrected chi connectivity index (χ4v) is 3.20. The maximum absolute atomic E-state index is 13.1. The number of nitrogens with one attached hydrogen (secondary N) is 1. The minimum Gasteiger partial charge on any atom is -0.488 e. The van der Waals surface area contributed by atoms with Gasteiger partial charge in [-0.3, -0.25) is 4.79 Å². The average molecular weight is 325 g/mol. The summed E-state index contributed by atoms with van der Waals surface area (Å²) >= 11 is 0. The first-order valence-electron chi connectivity index (χ1n) is 7.75. The summed E-state index contributed by atoms with van der Waals surface area (Å²) in [5.41, 5.74) is 1.12. The number of halogens is 3. The third-order valence-electron chi connectivity index (χ3n) is 4.43. The fraction of sp³-hybridized carbons (Fsp3) is 0.471. The molecule has 6 heteroatoms. The highest BCUT2D eigenvalue weighted by atomic mass is 19.4. The lowest BCUT2D eigenvalue weighted by Gasteiger charge is -2.33. The molecule has 1 aromatic rings. The predicted molar refractivity (Wildman–Crippen MR) is 79.9 cm³/mol. The second-order valence-corrected chi connectivity index (χ2v) is 6.01. The first kappa shape index (κ1) is 15.9. The topological polar surface area (TPSA) is 38.3 Å². The number of alkyl halides is 3. The van der Waals surface area contributed by atoms with E-state index in [4.69, 9.17) is 4.74 Å². The van der Waals surface area contributed by atoms with E-state index in [1.54, 1.807) is 18.2 Å². The highest BCUT2D eigenvalue weighted by molar-refractivity contribution is 5.99. The lowest BCUT2D eigenvalue weighted by molar-refractivity contribution is -0.189. The molecule has 0 radical (unpaired) electrons. The van der Waals surface area contributed by atoms with E-state index in [1.165, 1.54) is 0 Å². The first-order valence-corrected chi connectivity index (χ1v) is 7.75. The van der Waals surface area contributed by atoms with Crippen LogP contribution in [0.1, 0.15) is 31.2 Å². The largest absolute Gasteiger partial charge is 0.488 e. The van der Waals surface area contributed by atoms with Crippen LogP contribution in [0.5, 0.6) is 5.75 Å². The van der Waals surface area contributed by atoms with Gasteiger partial charge in [0.05, 0.1) is 11.5 Å². The molecule has 1 N–H and O–H groups in total. The van der Waals surface area contributed by atoms with Crippen LogP contribution in [0.3, 0.4) is 0 Å². The molecular formula is C17H18F3NO2. The zero-order valence-corrected chi connectivity index (χ0v) is 12.5. The first-order chi connectivity index (χ1) is 10.9. The third-order valence-corrected chi connectivity index (χ3v) is 4.43. The van der Waals surface area contributed by atoms with Crippen molar-refractivity contribution in [3.05, 3.63) is 35.4 Å². The minimum atomic E-state index is -4.28. The minimum absolute atomic E-state index is 0.0756. The number of benzene rings is 1. The number of rotatable bonds is 2. The third kappa shape index (κ3) is 3.51. The maximum atomic E-state index is 13.1. The smallest absolute Gasteiger partial charge is 0.393 e. The van der Waals surface area contributed by atoms with Gasteiger partial charge < -0.3 is 10.1 Å². The van der Waals surface area contributed by atoms with Gasteiger partial charge in [-0.2, -0.15) is 13.2 Å². The molecule has 0 unspecified atom stereocenters. The standard InChI is InChI=1S/C17H18F3NO2/c18-17(19,20)13-6-2-3-7-14(13)21-16(22)12-9-11-5-1-4-8-15(11)23-10-12/h1,4-5,8-9,13-14H,2-3,6-7,10H2,(H,21,22)/t13-,14-/m1/s1. The number of hydrogen-bond donors (Lipinski definition) is 1. The molecule has 2 aliphatic rings. The van der Waals surface area contributed by atoms with Crippen molar-refractivity contribution in [1.82, 2.24) is 5.32 Å². The van der Waals surface area contributed by atoms with Crippen molar-refractivity contribution in [2.75, 3.05) is 6.61 Å². The van der Waals surface area contributed by atoms with Crippen molar-refractivity contribution in [1.29, 1.82) is 0 Å². The van der Waals surface area contributed by atoms with Crippen LogP contribution < -0.4 is 10.1 Å². The summed E-state index contributed by atoms with van der Waals surface area (Å²) in [4.78, 5) is 12.3. The number of fused-ring (bicyclic) bond motifs is 1. The number of amides is 1. The van der Waals surface area contributed by atoms with E-state index < -0.39 is 24.0 Å². The Balaban J connectivity index is 1.73. The molecule has 23 heavy (non-hydrogen) atoms. The Kier molecular flexibility index (Phi) is 4.33. The Morgan fingerprint density at radius 3 is 2.70 bits per heavy atom. The Morgan fingerprint density at radius 1 is 1.17 bits per heavy atom. The summed E-state index contributed by atoms with van der Waals surface area (Å²) in [7, 11) is 0. The summed E-state index contributed by atoms with van der Waals surface area (Å²) in [6, 6.07) is 6.39. The fourth-order valence-electron chi connectivity index (χ4n) is 3.20. The zero-order valence-electron chi connectivity index (χ0n) is 12.5. The Bertz CT molecular complexity index is 625. The van der Waals surface area contributed by atoms with Crippen molar-refractivity contribution in [3.63, 3.8) is 0 Å². The Labute approximate surface area is 132 Å². The van der Waals surface area contributed by atoms with Crippen LogP contribution in [-0.4, -0.2) is 24.7 Å². The maximum Gasteiger partial charge on any atom is 0.393 e. The van der Waals surface area contributed by atoms with Crippen molar-refractivity contribution in [2.24, 2.45) is 5.92 Å². The molecule has 2 atom stereocenters. The van der Waals surface area contributed by atoms with Crippen molar-refractivity contribution < 1.29 is 22.7 Å². The van der Waals surface area contributed by atoms with Crippen LogP contribution >= 0.6 is 0 Å². The molecule has 3 nitrogen and oxygen atoms in total. The van der Waals surface area contributed by atoms with Gasteiger partial charge in [0.2, 0.25) is 0 Å². The van der Waals surface area contributed by atoms with E-state index in [0.29, 0.717) is 30.6 Å². The lowest BCUT2D eigenvalue weighted by Crippen LogP contribution is -2.48. The molecule has 1 amide bonds. The van der Waals surface area contributed by atoms with Gasteiger partial charge in [0.15, 0.2) is 0 Å². The van der Waals surface area contributed by atoms with Crippen LogP contribution in [0.2, 0.25) is 0 Å². The summed E-state index contributed by atoms with van der Waals surface area (Å²) in [5.74, 6) is -1.26. The van der Waals surface area contributed by atoms with E-state index in [0.717, 1.165) is 5.56 Å². The van der Waals surface area contributed by atoms with E-state index >= 15 is 0 Å². The summed E-state index contributed by atoms with van der Waals surface area (Å²) in [5, 5.41) is 2.57. The summed E-state index contributed by atoms with van der Waals surface area (Å²) in [6.07, 6.45) is -0.902. The van der Waals surface area contributed by atoms with Gasteiger partial charge >= 0.3 is 6.18 Å². The van der Waals surface area contributed by atoms with Crippen molar-refractivity contribution in [2.45, 2.75) is 37.9 Å². The lowest BCUT2D eigenvalue weighted by atomic mass is 9.84. The molecule has 1 aliphatic carbocycles. The molecule has 0 saturated heterocycles. The van der Waals surface area contributed by atoms with Gasteiger partial charge in [0.25, 0.3) is 5.91 Å². The van der Waals surface area contributed by atoms with Gasteiger partial charge in [-0.15, -0.1) is 0 Å². The molecule has 1 heterocycles. The SMILES string of the molecule is O=C(N[C@@H]1CCCC[C@H]1C(F)(F)F)C1=Cc2ccccc2OC1. The number of carbonyl (C=O) groups is 1. The monoisotopic (exact) mass is 325 g/mol. The normalized spacial score (nSPS) is 24.2.